The number of hydrogen-bond donors (Lipinski definition) is 2. The Bertz CT molecular complexity index is 766. The number of thiophene rings is 1. The van der Waals surface area contributed by atoms with E-state index in [1.54, 1.807) is 11.3 Å². The molecule has 1 atom stereocenters. The van der Waals surface area contributed by atoms with Crippen molar-refractivity contribution in [1.82, 2.24) is 5.43 Å². The van der Waals surface area contributed by atoms with E-state index in [9.17, 15) is 0 Å². The summed E-state index contributed by atoms with van der Waals surface area (Å²) in [5.41, 5.74) is 6.60. The van der Waals surface area contributed by atoms with Gasteiger partial charge in [0.2, 0.25) is 0 Å². The second-order valence-corrected chi connectivity index (χ2v) is 6.53. The lowest BCUT2D eigenvalue weighted by atomic mass is 9.95. The standard InChI is InChI=1S/C17H17ClN2S/c1-11-6-7-13(18)9-15(11)16(20-19)8-12-10-21-17-5-3-2-4-14(12)17/h2-7,9-10,16,20H,8,19H2,1H3. The van der Waals surface area contributed by atoms with E-state index in [1.807, 2.05) is 18.2 Å². The van der Waals surface area contributed by atoms with Crippen LogP contribution in [-0.2, 0) is 6.42 Å². The molecule has 1 unspecified atom stereocenters. The normalized spacial score (nSPS) is 12.7. The van der Waals surface area contributed by atoms with Crippen LogP contribution in [-0.4, -0.2) is 0 Å². The highest BCUT2D eigenvalue weighted by Gasteiger charge is 2.15. The third kappa shape index (κ3) is 2.97. The van der Waals surface area contributed by atoms with E-state index in [-0.39, 0.29) is 6.04 Å². The lowest BCUT2D eigenvalue weighted by Crippen LogP contribution is -2.30. The van der Waals surface area contributed by atoms with E-state index in [2.05, 4.69) is 42.0 Å². The second kappa shape index (κ2) is 6.16. The molecule has 0 spiro atoms. The summed E-state index contributed by atoms with van der Waals surface area (Å²) in [5, 5.41) is 4.27. The highest BCUT2D eigenvalue weighted by atomic mass is 35.5. The van der Waals surface area contributed by atoms with Gasteiger partial charge in [-0.25, -0.2) is 0 Å². The number of aryl methyl sites for hydroxylation is 1. The summed E-state index contributed by atoms with van der Waals surface area (Å²) < 4.78 is 1.31. The average molecular weight is 317 g/mol. The molecule has 3 N–H and O–H groups in total. The number of nitrogens with two attached hydrogens (primary N) is 1. The van der Waals surface area contributed by atoms with Gasteiger partial charge in [-0.2, -0.15) is 0 Å². The van der Waals surface area contributed by atoms with Crippen molar-refractivity contribution in [2.24, 2.45) is 5.84 Å². The van der Waals surface area contributed by atoms with Crippen molar-refractivity contribution in [2.75, 3.05) is 0 Å². The van der Waals surface area contributed by atoms with Gasteiger partial charge >= 0.3 is 0 Å². The Kier molecular flexibility index (Phi) is 4.27. The van der Waals surface area contributed by atoms with Gasteiger partial charge in [0.1, 0.15) is 0 Å². The van der Waals surface area contributed by atoms with E-state index in [1.165, 1.54) is 21.2 Å². The highest BCUT2D eigenvalue weighted by molar-refractivity contribution is 7.17. The summed E-state index contributed by atoms with van der Waals surface area (Å²) in [6.07, 6.45) is 0.849. The van der Waals surface area contributed by atoms with Crippen LogP contribution in [0.4, 0.5) is 0 Å². The fourth-order valence-corrected chi connectivity index (χ4v) is 3.81. The average Bonchev–Trinajstić information content (AvgIpc) is 2.91. The maximum Gasteiger partial charge on any atom is 0.0503 e. The molecule has 0 saturated heterocycles. The molecular weight excluding hydrogens is 300 g/mol. The van der Waals surface area contributed by atoms with Gasteiger partial charge in [-0.1, -0.05) is 35.9 Å². The second-order valence-electron chi connectivity index (χ2n) is 5.18. The molecule has 1 heterocycles. The summed E-state index contributed by atoms with van der Waals surface area (Å²) in [6, 6.07) is 14.5. The van der Waals surface area contributed by atoms with Crippen LogP contribution < -0.4 is 11.3 Å². The number of hydrogen-bond acceptors (Lipinski definition) is 3. The van der Waals surface area contributed by atoms with E-state index in [0.29, 0.717) is 0 Å². The Morgan fingerprint density at radius 3 is 2.86 bits per heavy atom. The molecule has 0 aliphatic heterocycles. The third-order valence-corrected chi connectivity index (χ3v) is 5.05. The minimum absolute atomic E-state index is 0.0571. The smallest absolute Gasteiger partial charge is 0.0503 e. The molecule has 1 aromatic heterocycles. The van der Waals surface area contributed by atoms with Gasteiger partial charge < -0.3 is 0 Å². The van der Waals surface area contributed by atoms with Crippen molar-refractivity contribution in [3.05, 3.63) is 69.6 Å². The zero-order chi connectivity index (χ0) is 14.8. The number of fused-ring (bicyclic) bond motifs is 1. The van der Waals surface area contributed by atoms with Crippen LogP contribution in [0.3, 0.4) is 0 Å². The van der Waals surface area contributed by atoms with Crippen molar-refractivity contribution < 1.29 is 0 Å². The molecule has 108 valence electrons. The zero-order valence-corrected chi connectivity index (χ0v) is 13.3. The molecule has 3 rings (SSSR count). The fourth-order valence-electron chi connectivity index (χ4n) is 2.66. The molecule has 3 aromatic rings. The van der Waals surface area contributed by atoms with Gasteiger partial charge in [0.05, 0.1) is 6.04 Å². The van der Waals surface area contributed by atoms with Crippen molar-refractivity contribution in [1.29, 1.82) is 0 Å². The van der Waals surface area contributed by atoms with Crippen LogP contribution in [0.2, 0.25) is 5.02 Å². The minimum Gasteiger partial charge on any atom is -0.271 e. The van der Waals surface area contributed by atoms with Crippen LogP contribution in [0.25, 0.3) is 10.1 Å². The minimum atomic E-state index is 0.0571. The zero-order valence-electron chi connectivity index (χ0n) is 11.8. The number of rotatable bonds is 4. The van der Waals surface area contributed by atoms with E-state index in [0.717, 1.165) is 17.0 Å². The summed E-state index contributed by atoms with van der Waals surface area (Å²) in [4.78, 5) is 0. The Morgan fingerprint density at radius 2 is 2.05 bits per heavy atom. The van der Waals surface area contributed by atoms with Gasteiger partial charge in [0.25, 0.3) is 0 Å². The van der Waals surface area contributed by atoms with Crippen LogP contribution in [0.1, 0.15) is 22.7 Å². The van der Waals surface area contributed by atoms with Crippen LogP contribution in [0.15, 0.2) is 47.8 Å². The molecule has 0 amide bonds. The van der Waals surface area contributed by atoms with Gasteiger partial charge in [-0.05, 0) is 59.0 Å². The molecule has 0 bridgehead atoms. The summed E-state index contributed by atoms with van der Waals surface area (Å²) in [5.74, 6) is 5.79. The summed E-state index contributed by atoms with van der Waals surface area (Å²) in [7, 11) is 0. The molecule has 2 aromatic carbocycles. The highest BCUT2D eigenvalue weighted by Crippen LogP contribution is 2.30. The number of nitrogens with one attached hydrogen (secondary N) is 1. The van der Waals surface area contributed by atoms with Gasteiger partial charge in [0.15, 0.2) is 0 Å². The van der Waals surface area contributed by atoms with Crippen molar-refractivity contribution in [2.45, 2.75) is 19.4 Å². The van der Waals surface area contributed by atoms with Crippen molar-refractivity contribution >= 4 is 33.0 Å². The van der Waals surface area contributed by atoms with E-state index >= 15 is 0 Å². The van der Waals surface area contributed by atoms with Crippen LogP contribution in [0, 0.1) is 6.92 Å². The number of benzene rings is 2. The maximum absolute atomic E-state index is 6.13. The predicted octanol–water partition coefficient (Wildman–Crippen LogP) is 4.61. The maximum atomic E-state index is 6.13. The molecule has 4 heteroatoms. The monoisotopic (exact) mass is 316 g/mol. The molecule has 0 fully saturated rings. The van der Waals surface area contributed by atoms with E-state index < -0.39 is 0 Å². The Hall–Kier alpha value is -1.39. The molecule has 0 aliphatic rings. The Morgan fingerprint density at radius 1 is 1.24 bits per heavy atom. The van der Waals surface area contributed by atoms with Gasteiger partial charge in [-0.15, -0.1) is 11.3 Å². The van der Waals surface area contributed by atoms with Crippen molar-refractivity contribution in [3.8, 4) is 0 Å². The molecule has 2 nitrogen and oxygen atoms in total. The largest absolute Gasteiger partial charge is 0.271 e. The number of halogens is 1. The van der Waals surface area contributed by atoms with Crippen LogP contribution in [0.5, 0.6) is 0 Å². The first-order valence-electron chi connectivity index (χ1n) is 6.86. The Balaban J connectivity index is 1.96. The lowest BCUT2D eigenvalue weighted by Gasteiger charge is -2.18. The molecule has 0 aliphatic carbocycles. The first kappa shape index (κ1) is 14.5. The SMILES string of the molecule is Cc1ccc(Cl)cc1C(Cc1csc2ccccc12)NN. The third-order valence-electron chi connectivity index (χ3n) is 3.80. The quantitative estimate of drug-likeness (QED) is 0.545. The van der Waals surface area contributed by atoms with Crippen LogP contribution >= 0.6 is 22.9 Å². The first-order valence-corrected chi connectivity index (χ1v) is 8.12. The van der Waals surface area contributed by atoms with Crippen molar-refractivity contribution in [3.63, 3.8) is 0 Å². The Labute approximate surface area is 133 Å². The van der Waals surface area contributed by atoms with Gasteiger partial charge in [-0.3, -0.25) is 11.3 Å². The molecule has 0 saturated carbocycles. The molecular formula is C17H17ClN2S. The van der Waals surface area contributed by atoms with Gasteiger partial charge in [0, 0.05) is 9.72 Å². The first-order chi connectivity index (χ1) is 10.2. The van der Waals surface area contributed by atoms with E-state index in [4.69, 9.17) is 17.4 Å². The fraction of sp³-hybridized carbons (Fsp3) is 0.176. The summed E-state index contributed by atoms with van der Waals surface area (Å²) in [6.45, 7) is 2.09. The molecule has 21 heavy (non-hydrogen) atoms. The molecule has 0 radical (unpaired) electrons. The lowest BCUT2D eigenvalue weighted by molar-refractivity contribution is 0.551. The topological polar surface area (TPSA) is 38.0 Å². The predicted molar refractivity (Wildman–Crippen MR) is 91.8 cm³/mol. The summed E-state index contributed by atoms with van der Waals surface area (Å²) >= 11 is 7.90. The number of hydrazine groups is 1.